The Bertz CT molecular complexity index is 864. The Morgan fingerprint density at radius 2 is 2.18 bits per heavy atom. The average Bonchev–Trinajstić information content (AvgIpc) is 3.11. The van der Waals surface area contributed by atoms with E-state index < -0.39 is 0 Å². The van der Waals surface area contributed by atoms with Gasteiger partial charge in [-0.25, -0.2) is 4.63 Å². The fraction of sp³-hybridized carbons (Fsp3) is 0.333. The molecule has 1 aliphatic rings. The Labute approximate surface area is 126 Å². The van der Waals surface area contributed by atoms with E-state index in [2.05, 4.69) is 39.7 Å². The molecule has 3 aromatic rings. The van der Waals surface area contributed by atoms with Gasteiger partial charge in [-0.3, -0.25) is 9.89 Å². The molecular formula is C15H15N5O2. The molecule has 0 saturated carbocycles. The predicted octanol–water partition coefficient (Wildman–Crippen LogP) is 2.54. The lowest BCUT2D eigenvalue weighted by molar-refractivity contribution is -0.116. The summed E-state index contributed by atoms with van der Waals surface area (Å²) in [6.07, 6.45) is 0.359. The minimum atomic E-state index is -0.101. The Morgan fingerprint density at radius 1 is 1.32 bits per heavy atom. The highest BCUT2D eigenvalue weighted by Crippen LogP contribution is 2.41. The summed E-state index contributed by atoms with van der Waals surface area (Å²) >= 11 is 0. The highest BCUT2D eigenvalue weighted by Gasteiger charge is 2.33. The number of H-pyrrole nitrogens is 1. The molecule has 22 heavy (non-hydrogen) atoms. The van der Waals surface area contributed by atoms with Crippen LogP contribution in [0.25, 0.3) is 11.0 Å². The molecule has 1 unspecified atom stereocenters. The molecule has 0 radical (unpaired) electrons. The van der Waals surface area contributed by atoms with Crippen LogP contribution in [0.15, 0.2) is 22.8 Å². The van der Waals surface area contributed by atoms with Crippen LogP contribution in [-0.2, 0) is 4.79 Å². The molecule has 0 spiro atoms. The zero-order valence-corrected chi connectivity index (χ0v) is 12.3. The number of benzene rings is 1. The highest BCUT2D eigenvalue weighted by molar-refractivity contribution is 5.95. The lowest BCUT2D eigenvalue weighted by Gasteiger charge is -2.24. The van der Waals surface area contributed by atoms with Gasteiger partial charge < -0.3 is 5.32 Å². The van der Waals surface area contributed by atoms with Gasteiger partial charge in [0.1, 0.15) is 11.0 Å². The molecule has 0 fully saturated rings. The van der Waals surface area contributed by atoms with Crippen molar-refractivity contribution in [3.63, 3.8) is 0 Å². The van der Waals surface area contributed by atoms with E-state index in [9.17, 15) is 4.79 Å². The topological polar surface area (TPSA) is 96.7 Å². The van der Waals surface area contributed by atoms with Crippen LogP contribution in [0.1, 0.15) is 48.9 Å². The van der Waals surface area contributed by atoms with Crippen molar-refractivity contribution in [3.05, 3.63) is 35.0 Å². The minimum absolute atomic E-state index is 0.0484. The normalized spacial score (nSPS) is 17.8. The third-order valence-corrected chi connectivity index (χ3v) is 4.10. The molecular weight excluding hydrogens is 282 g/mol. The van der Waals surface area contributed by atoms with E-state index in [-0.39, 0.29) is 17.7 Å². The van der Waals surface area contributed by atoms with E-state index in [1.807, 2.05) is 18.2 Å². The van der Waals surface area contributed by atoms with Gasteiger partial charge in [-0.05, 0) is 27.9 Å². The first-order chi connectivity index (χ1) is 10.6. The van der Waals surface area contributed by atoms with Gasteiger partial charge in [-0.2, -0.15) is 5.10 Å². The SMILES string of the molecule is CC(C)c1[nH]nc2c1C(c1cccc3nonc13)CC(=O)N2. The molecule has 1 aliphatic heterocycles. The van der Waals surface area contributed by atoms with Crippen LogP contribution >= 0.6 is 0 Å². The number of nitrogens with one attached hydrogen (secondary N) is 2. The third-order valence-electron chi connectivity index (χ3n) is 4.10. The Kier molecular flexibility index (Phi) is 2.75. The molecule has 0 aliphatic carbocycles. The maximum absolute atomic E-state index is 12.0. The first kappa shape index (κ1) is 13.0. The van der Waals surface area contributed by atoms with E-state index in [1.165, 1.54) is 0 Å². The van der Waals surface area contributed by atoms with Crippen LogP contribution in [0.2, 0.25) is 0 Å². The number of hydrogen-bond acceptors (Lipinski definition) is 5. The van der Waals surface area contributed by atoms with E-state index in [0.29, 0.717) is 23.3 Å². The van der Waals surface area contributed by atoms with Gasteiger partial charge in [0.25, 0.3) is 0 Å². The molecule has 0 saturated heterocycles. The number of aromatic nitrogens is 4. The van der Waals surface area contributed by atoms with Gasteiger partial charge >= 0.3 is 0 Å². The van der Waals surface area contributed by atoms with Gasteiger partial charge in [0.15, 0.2) is 5.82 Å². The third kappa shape index (κ3) is 1.82. The summed E-state index contributed by atoms with van der Waals surface area (Å²) < 4.78 is 4.85. The minimum Gasteiger partial charge on any atom is -0.309 e. The van der Waals surface area contributed by atoms with Crippen molar-refractivity contribution < 1.29 is 9.42 Å². The summed E-state index contributed by atoms with van der Waals surface area (Å²) in [6, 6.07) is 5.72. The molecule has 1 atom stereocenters. The largest absolute Gasteiger partial charge is 0.309 e. The van der Waals surface area contributed by atoms with Crippen LogP contribution < -0.4 is 5.32 Å². The quantitative estimate of drug-likeness (QED) is 0.757. The zero-order chi connectivity index (χ0) is 15.3. The first-order valence-electron chi connectivity index (χ1n) is 7.24. The van der Waals surface area contributed by atoms with Crippen LogP contribution in [0.3, 0.4) is 0 Å². The van der Waals surface area contributed by atoms with E-state index in [4.69, 9.17) is 4.63 Å². The summed E-state index contributed by atoms with van der Waals surface area (Å²) in [5.74, 6) is 0.741. The van der Waals surface area contributed by atoms with E-state index in [1.54, 1.807) is 0 Å². The number of nitrogens with zero attached hydrogens (tertiary/aromatic N) is 3. The number of hydrogen-bond donors (Lipinski definition) is 2. The van der Waals surface area contributed by atoms with Crippen molar-refractivity contribution in [1.82, 2.24) is 20.5 Å². The van der Waals surface area contributed by atoms with Crippen LogP contribution in [-0.4, -0.2) is 26.4 Å². The van der Waals surface area contributed by atoms with Gasteiger partial charge in [0.2, 0.25) is 5.91 Å². The van der Waals surface area contributed by atoms with E-state index >= 15 is 0 Å². The van der Waals surface area contributed by atoms with Crippen molar-refractivity contribution in [2.24, 2.45) is 0 Å². The number of amides is 1. The highest BCUT2D eigenvalue weighted by atomic mass is 16.6. The summed E-state index contributed by atoms with van der Waals surface area (Å²) in [5, 5.41) is 18.0. The van der Waals surface area contributed by atoms with Crippen molar-refractivity contribution in [2.45, 2.75) is 32.1 Å². The number of anilines is 1. The van der Waals surface area contributed by atoms with E-state index in [0.717, 1.165) is 16.8 Å². The second kappa shape index (κ2) is 4.66. The summed E-state index contributed by atoms with van der Waals surface area (Å²) in [7, 11) is 0. The monoisotopic (exact) mass is 297 g/mol. The fourth-order valence-corrected chi connectivity index (χ4v) is 3.10. The molecule has 7 nitrogen and oxygen atoms in total. The lowest BCUT2D eigenvalue weighted by Crippen LogP contribution is -2.24. The molecule has 7 heteroatoms. The predicted molar refractivity (Wildman–Crippen MR) is 79.6 cm³/mol. The van der Waals surface area contributed by atoms with Gasteiger partial charge in [-0.15, -0.1) is 0 Å². The number of carbonyl (C=O) groups excluding carboxylic acids is 1. The standard InChI is InChI=1S/C15H15N5O2/c1-7(2)13-12-9(6-11(21)16-15(12)18-17-13)8-4-3-5-10-14(8)20-22-19-10/h3-5,7,9H,6H2,1-2H3,(H2,16,17,18,21). The molecule has 1 amide bonds. The molecule has 2 aromatic heterocycles. The molecule has 1 aromatic carbocycles. The molecule has 0 bridgehead atoms. The van der Waals surface area contributed by atoms with Gasteiger partial charge in [-0.1, -0.05) is 26.0 Å². The summed E-state index contributed by atoms with van der Waals surface area (Å²) in [5.41, 5.74) is 4.40. The van der Waals surface area contributed by atoms with Crippen LogP contribution in [0.4, 0.5) is 5.82 Å². The van der Waals surface area contributed by atoms with Gasteiger partial charge in [0.05, 0.1) is 0 Å². The number of rotatable bonds is 2. The smallest absolute Gasteiger partial charge is 0.226 e. The Morgan fingerprint density at radius 3 is 3.00 bits per heavy atom. The molecule has 112 valence electrons. The second-order valence-corrected chi connectivity index (χ2v) is 5.84. The Hall–Kier alpha value is -2.70. The molecule has 2 N–H and O–H groups in total. The molecule has 4 rings (SSSR count). The first-order valence-corrected chi connectivity index (χ1v) is 7.24. The van der Waals surface area contributed by atoms with Crippen molar-refractivity contribution in [2.75, 3.05) is 5.32 Å². The Balaban J connectivity index is 1.95. The molecule has 3 heterocycles. The summed E-state index contributed by atoms with van der Waals surface area (Å²) in [4.78, 5) is 12.0. The number of fused-ring (bicyclic) bond motifs is 2. The number of aromatic amines is 1. The average molecular weight is 297 g/mol. The lowest BCUT2D eigenvalue weighted by atomic mass is 9.83. The van der Waals surface area contributed by atoms with Crippen molar-refractivity contribution >= 4 is 22.8 Å². The number of carbonyl (C=O) groups is 1. The van der Waals surface area contributed by atoms with Crippen LogP contribution in [0.5, 0.6) is 0 Å². The summed E-state index contributed by atoms with van der Waals surface area (Å²) in [6.45, 7) is 4.19. The second-order valence-electron chi connectivity index (χ2n) is 5.84. The zero-order valence-electron chi connectivity index (χ0n) is 12.3. The van der Waals surface area contributed by atoms with Crippen LogP contribution in [0, 0.1) is 0 Å². The van der Waals surface area contributed by atoms with Gasteiger partial charge in [0, 0.05) is 23.6 Å². The van der Waals surface area contributed by atoms with Crippen molar-refractivity contribution in [1.29, 1.82) is 0 Å². The fourth-order valence-electron chi connectivity index (χ4n) is 3.10. The maximum atomic E-state index is 12.0. The van der Waals surface area contributed by atoms with Crippen molar-refractivity contribution in [3.8, 4) is 0 Å². The maximum Gasteiger partial charge on any atom is 0.226 e.